The summed E-state index contributed by atoms with van der Waals surface area (Å²) in [6.45, 7) is 0.257. The minimum atomic E-state index is -5.64. The quantitative estimate of drug-likeness (QED) is 0.467. The van der Waals surface area contributed by atoms with Crippen LogP contribution < -0.4 is 4.80 Å². The van der Waals surface area contributed by atoms with Crippen LogP contribution in [-0.2, 0) is 16.8 Å². The molecule has 0 radical (unpaired) electrons. The zero-order chi connectivity index (χ0) is 19.8. The maximum Gasteiger partial charge on any atom is 0.399 e. The first-order chi connectivity index (χ1) is 12.6. The molecule has 2 aromatic carbocycles. The average molecular weight is 475 g/mol. The molecule has 5 nitrogen and oxygen atoms in total. The normalized spacial score (nSPS) is 12.3. The summed E-state index contributed by atoms with van der Waals surface area (Å²) in [6, 6.07) is 13.2. The molecule has 1 aromatic heterocycles. The van der Waals surface area contributed by atoms with Crippen LogP contribution in [0.2, 0.25) is 0 Å². The predicted molar refractivity (Wildman–Crippen MR) is 103 cm³/mol. The molecule has 3 N–H and O–H groups in total. The number of aromatic nitrogens is 1. The first-order valence-electron chi connectivity index (χ1n) is 7.62. The average Bonchev–Trinajstić information content (AvgIpc) is 2.95. The molecule has 0 fully saturated rings. The van der Waals surface area contributed by atoms with Crippen molar-refractivity contribution in [1.29, 1.82) is 5.41 Å². The van der Waals surface area contributed by atoms with Crippen LogP contribution in [-0.4, -0.2) is 14.4 Å². The zero-order valence-corrected chi connectivity index (χ0v) is 16.9. The second kappa shape index (κ2) is 7.41. The van der Waals surface area contributed by atoms with Crippen molar-refractivity contribution in [3.8, 4) is 11.3 Å². The van der Waals surface area contributed by atoms with Crippen LogP contribution in [0.4, 0.5) is 8.78 Å². The number of nitrogens with one attached hydrogen (secondary N) is 1. The Hall–Kier alpha value is -1.64. The third kappa shape index (κ3) is 3.97. The molecule has 27 heavy (non-hydrogen) atoms. The first-order valence-corrected chi connectivity index (χ1v) is 10.9. The van der Waals surface area contributed by atoms with E-state index in [1.54, 1.807) is 4.57 Å². The Bertz CT molecular complexity index is 1080. The van der Waals surface area contributed by atoms with E-state index in [2.05, 4.69) is 15.9 Å². The van der Waals surface area contributed by atoms with Gasteiger partial charge in [-0.15, -0.1) is 11.3 Å². The molecule has 0 unspecified atom stereocenters. The van der Waals surface area contributed by atoms with Crippen molar-refractivity contribution < 1.29 is 23.1 Å². The lowest BCUT2D eigenvalue weighted by molar-refractivity contribution is 0.0557. The number of rotatable bonds is 5. The maximum absolute atomic E-state index is 14.0. The van der Waals surface area contributed by atoms with E-state index in [4.69, 9.17) is 15.2 Å². The van der Waals surface area contributed by atoms with Crippen LogP contribution >= 0.6 is 34.9 Å². The van der Waals surface area contributed by atoms with Gasteiger partial charge in [0.25, 0.3) is 0 Å². The number of benzene rings is 2. The van der Waals surface area contributed by atoms with E-state index in [1.807, 2.05) is 35.7 Å². The molecule has 3 rings (SSSR count). The summed E-state index contributed by atoms with van der Waals surface area (Å²) >= 11 is 4.24. The number of hydrogen-bond acceptors (Lipinski definition) is 3. The van der Waals surface area contributed by atoms with E-state index < -0.39 is 18.8 Å². The van der Waals surface area contributed by atoms with Crippen LogP contribution in [0.25, 0.3) is 11.3 Å². The smallest absolute Gasteiger partial charge is 0.320 e. The summed E-state index contributed by atoms with van der Waals surface area (Å²) in [5.74, 6) is 0. The highest BCUT2D eigenvalue weighted by atomic mass is 79.9. The van der Waals surface area contributed by atoms with Crippen LogP contribution in [0.15, 0.2) is 58.4 Å². The summed E-state index contributed by atoms with van der Waals surface area (Å²) in [5, 5.41) is 9.96. The zero-order valence-electron chi connectivity index (χ0n) is 13.6. The fraction of sp³-hybridized carbons (Fsp3) is 0.118. The first kappa shape index (κ1) is 20.1. The topological polar surface area (TPSA) is 86.3 Å². The molecule has 1 heterocycles. The molecule has 3 aromatic rings. The Balaban J connectivity index is 1.97. The molecule has 142 valence electrons. The standard InChI is InChI=1S/C17H14BrF2N2O3PS/c18-14-8-11(6-7-13(14)17(19,20)26(23,24)25)9-22-15(10-27-16(22)21)12-4-2-1-3-5-12/h1-8,10,21H,9H2,(H2,23,24,25). The Morgan fingerprint density at radius 3 is 2.44 bits per heavy atom. The molecule has 10 heteroatoms. The highest BCUT2D eigenvalue weighted by Crippen LogP contribution is 2.60. The van der Waals surface area contributed by atoms with Gasteiger partial charge in [-0.1, -0.05) is 58.4 Å². The molecular formula is C17H14BrF2N2O3PS. The fourth-order valence-electron chi connectivity index (χ4n) is 2.58. The largest absolute Gasteiger partial charge is 0.399 e. The van der Waals surface area contributed by atoms with Crippen LogP contribution in [0.1, 0.15) is 11.1 Å². The third-order valence-corrected chi connectivity index (χ3v) is 6.37. The van der Waals surface area contributed by atoms with E-state index >= 15 is 0 Å². The highest BCUT2D eigenvalue weighted by Gasteiger charge is 2.51. The van der Waals surface area contributed by atoms with Crippen LogP contribution in [0, 0.1) is 5.41 Å². The van der Waals surface area contributed by atoms with Crippen molar-refractivity contribution in [3.05, 3.63) is 74.3 Å². The van der Waals surface area contributed by atoms with Gasteiger partial charge >= 0.3 is 13.3 Å². The summed E-state index contributed by atoms with van der Waals surface area (Å²) in [7, 11) is -5.64. The number of halogens is 3. The van der Waals surface area contributed by atoms with Crippen molar-refractivity contribution in [2.75, 3.05) is 0 Å². The van der Waals surface area contributed by atoms with Gasteiger partial charge in [0.1, 0.15) is 0 Å². The van der Waals surface area contributed by atoms with Crippen molar-refractivity contribution >= 4 is 34.9 Å². The van der Waals surface area contributed by atoms with E-state index in [1.165, 1.54) is 23.5 Å². The van der Waals surface area contributed by atoms with E-state index in [0.29, 0.717) is 10.4 Å². The van der Waals surface area contributed by atoms with E-state index in [9.17, 15) is 13.3 Å². The van der Waals surface area contributed by atoms with Gasteiger partial charge in [-0.2, -0.15) is 8.78 Å². The minimum Gasteiger partial charge on any atom is -0.320 e. The predicted octanol–water partition coefficient (Wildman–Crippen LogP) is 4.73. The molecule has 0 amide bonds. The number of thiazole rings is 1. The molecule has 0 saturated carbocycles. The van der Waals surface area contributed by atoms with Crippen molar-refractivity contribution in [2.24, 2.45) is 0 Å². The second-order valence-corrected chi connectivity index (χ2v) is 9.14. The Morgan fingerprint density at radius 2 is 1.85 bits per heavy atom. The summed E-state index contributed by atoms with van der Waals surface area (Å²) in [5.41, 5.74) is -2.69. The van der Waals surface area contributed by atoms with Crippen molar-refractivity contribution in [3.63, 3.8) is 0 Å². The molecule has 0 saturated heterocycles. The van der Waals surface area contributed by atoms with E-state index in [0.717, 1.165) is 17.3 Å². The molecule has 0 aliphatic carbocycles. The van der Waals surface area contributed by atoms with Gasteiger partial charge in [-0.3, -0.25) is 9.97 Å². The van der Waals surface area contributed by atoms with Gasteiger partial charge in [0.05, 0.1) is 12.2 Å². The van der Waals surface area contributed by atoms with Gasteiger partial charge in [-0.25, -0.2) is 0 Å². The molecule has 0 spiro atoms. The van der Waals surface area contributed by atoms with Gasteiger partial charge in [0, 0.05) is 15.4 Å². The molecule has 0 aliphatic heterocycles. The summed E-state index contributed by atoms with van der Waals surface area (Å²) in [4.78, 5) is 18.1. The molecule has 0 aliphatic rings. The van der Waals surface area contributed by atoms with Gasteiger partial charge in [0.2, 0.25) is 0 Å². The summed E-state index contributed by atoms with van der Waals surface area (Å²) in [6.07, 6.45) is 0. The Labute approximate surface area is 165 Å². The molecule has 0 atom stereocenters. The number of hydrogen-bond donors (Lipinski definition) is 3. The third-order valence-electron chi connectivity index (χ3n) is 3.95. The molecule has 0 bridgehead atoms. The Kier molecular flexibility index (Phi) is 5.52. The molecular weight excluding hydrogens is 461 g/mol. The minimum absolute atomic E-state index is 0.100. The van der Waals surface area contributed by atoms with E-state index in [-0.39, 0.29) is 11.0 Å². The number of nitrogens with zero attached hydrogens (tertiary/aromatic N) is 1. The van der Waals surface area contributed by atoms with Crippen LogP contribution in [0.5, 0.6) is 0 Å². The lowest BCUT2D eigenvalue weighted by atomic mass is 10.1. The monoisotopic (exact) mass is 474 g/mol. The lowest BCUT2D eigenvalue weighted by Crippen LogP contribution is -2.17. The van der Waals surface area contributed by atoms with Gasteiger partial charge in [0.15, 0.2) is 4.80 Å². The van der Waals surface area contributed by atoms with Crippen molar-refractivity contribution in [2.45, 2.75) is 12.2 Å². The van der Waals surface area contributed by atoms with Crippen LogP contribution in [0.3, 0.4) is 0 Å². The fourth-order valence-corrected chi connectivity index (χ4v) is 4.69. The SMILES string of the molecule is N=c1scc(-c2ccccc2)n1Cc1ccc(C(F)(F)P(=O)(O)O)c(Br)c1. The second-order valence-electron chi connectivity index (χ2n) is 5.78. The number of alkyl halides is 2. The lowest BCUT2D eigenvalue weighted by Gasteiger charge is -2.20. The van der Waals surface area contributed by atoms with Gasteiger partial charge < -0.3 is 14.4 Å². The van der Waals surface area contributed by atoms with Gasteiger partial charge in [-0.05, 0) is 17.2 Å². The highest BCUT2D eigenvalue weighted by molar-refractivity contribution is 9.10. The maximum atomic E-state index is 14.0. The summed E-state index contributed by atoms with van der Waals surface area (Å²) < 4.78 is 40.6. The van der Waals surface area contributed by atoms with Crippen molar-refractivity contribution in [1.82, 2.24) is 4.57 Å². The Morgan fingerprint density at radius 1 is 1.19 bits per heavy atom.